The van der Waals surface area contributed by atoms with Gasteiger partial charge in [-0.05, 0) is 30.9 Å². The maximum Gasteiger partial charge on any atom is 0.350 e. The van der Waals surface area contributed by atoms with Gasteiger partial charge in [-0.25, -0.2) is 4.79 Å². The third-order valence-corrected chi connectivity index (χ3v) is 3.69. The molecule has 0 radical (unpaired) electrons. The molecule has 1 atom stereocenters. The first-order valence-electron chi connectivity index (χ1n) is 6.56. The van der Waals surface area contributed by atoms with E-state index in [1.807, 2.05) is 43.3 Å². The zero-order chi connectivity index (χ0) is 13.9. The maximum atomic E-state index is 11.9. The number of hydrogen-bond acceptors (Lipinski definition) is 3. The second-order valence-corrected chi connectivity index (χ2v) is 4.80. The number of nitrogens with zero attached hydrogens (tertiary/aromatic N) is 1. The Labute approximate surface area is 113 Å². The first-order chi connectivity index (χ1) is 9.15. The minimum atomic E-state index is -0.751. The SMILES string of the molecule is CCCCC1(c2ccccc2)OC(=O)C(C#N)=C1C. The molecule has 0 amide bonds. The molecule has 3 heteroatoms. The van der Waals surface area contributed by atoms with Crippen LogP contribution < -0.4 is 0 Å². The molecule has 1 unspecified atom stereocenters. The molecule has 3 nitrogen and oxygen atoms in total. The molecule has 0 aromatic heterocycles. The average Bonchev–Trinajstić information content (AvgIpc) is 2.69. The Morgan fingerprint density at radius 2 is 2.00 bits per heavy atom. The van der Waals surface area contributed by atoms with Crippen molar-refractivity contribution in [1.29, 1.82) is 5.26 Å². The fourth-order valence-corrected chi connectivity index (χ4v) is 2.56. The molecular weight excluding hydrogens is 238 g/mol. The molecule has 0 bridgehead atoms. The van der Waals surface area contributed by atoms with E-state index in [1.54, 1.807) is 0 Å². The fourth-order valence-electron chi connectivity index (χ4n) is 2.56. The number of carbonyl (C=O) groups is 1. The van der Waals surface area contributed by atoms with Gasteiger partial charge in [-0.15, -0.1) is 0 Å². The number of rotatable bonds is 4. The van der Waals surface area contributed by atoms with Gasteiger partial charge < -0.3 is 4.74 Å². The van der Waals surface area contributed by atoms with E-state index in [4.69, 9.17) is 10.00 Å². The number of unbranched alkanes of at least 4 members (excludes halogenated alkanes) is 1. The second-order valence-electron chi connectivity index (χ2n) is 4.80. The van der Waals surface area contributed by atoms with Crippen LogP contribution in [0, 0.1) is 11.3 Å². The van der Waals surface area contributed by atoms with Gasteiger partial charge in [0.25, 0.3) is 0 Å². The molecule has 1 aromatic rings. The molecular formula is C16H17NO2. The monoisotopic (exact) mass is 255 g/mol. The molecule has 0 saturated heterocycles. The Bertz CT molecular complexity index is 554. The third kappa shape index (κ3) is 2.15. The normalized spacial score (nSPS) is 22.3. The molecule has 1 aromatic carbocycles. The van der Waals surface area contributed by atoms with Gasteiger partial charge in [0.2, 0.25) is 0 Å². The summed E-state index contributed by atoms with van der Waals surface area (Å²) in [4.78, 5) is 11.9. The highest BCUT2D eigenvalue weighted by Gasteiger charge is 2.46. The van der Waals surface area contributed by atoms with Crippen molar-refractivity contribution in [2.24, 2.45) is 0 Å². The number of benzene rings is 1. The van der Waals surface area contributed by atoms with E-state index in [0.29, 0.717) is 0 Å². The van der Waals surface area contributed by atoms with E-state index in [9.17, 15) is 4.79 Å². The van der Waals surface area contributed by atoms with Crippen molar-refractivity contribution in [3.63, 3.8) is 0 Å². The van der Waals surface area contributed by atoms with Crippen molar-refractivity contribution in [3.8, 4) is 6.07 Å². The molecule has 2 rings (SSSR count). The summed E-state index contributed by atoms with van der Waals surface area (Å²) in [5.41, 5.74) is 1.08. The van der Waals surface area contributed by atoms with Crippen LogP contribution >= 0.6 is 0 Å². The van der Waals surface area contributed by atoms with Gasteiger partial charge in [-0.2, -0.15) is 5.26 Å². The van der Waals surface area contributed by atoms with Crippen molar-refractivity contribution in [2.75, 3.05) is 0 Å². The molecule has 19 heavy (non-hydrogen) atoms. The molecule has 0 saturated carbocycles. The highest BCUT2D eigenvalue weighted by molar-refractivity contribution is 5.97. The largest absolute Gasteiger partial charge is 0.445 e. The number of nitriles is 1. The third-order valence-electron chi connectivity index (χ3n) is 3.69. The summed E-state index contributed by atoms with van der Waals surface area (Å²) < 4.78 is 5.62. The van der Waals surface area contributed by atoms with Crippen molar-refractivity contribution in [1.82, 2.24) is 0 Å². The lowest BCUT2D eigenvalue weighted by molar-refractivity contribution is -0.148. The van der Waals surface area contributed by atoms with Crippen LogP contribution in [0.2, 0.25) is 0 Å². The lowest BCUT2D eigenvalue weighted by atomic mass is 9.82. The minimum absolute atomic E-state index is 0.153. The summed E-state index contributed by atoms with van der Waals surface area (Å²) >= 11 is 0. The number of carbonyl (C=O) groups excluding carboxylic acids is 1. The van der Waals surface area contributed by atoms with Gasteiger partial charge in [-0.1, -0.05) is 43.7 Å². The zero-order valence-corrected chi connectivity index (χ0v) is 11.3. The summed E-state index contributed by atoms with van der Waals surface area (Å²) in [6.07, 6.45) is 2.68. The van der Waals surface area contributed by atoms with E-state index >= 15 is 0 Å². The lowest BCUT2D eigenvalue weighted by Gasteiger charge is -2.30. The predicted octanol–water partition coefficient (Wildman–Crippen LogP) is 3.47. The Balaban J connectivity index is 2.53. The van der Waals surface area contributed by atoms with Crippen LogP contribution in [0.25, 0.3) is 0 Å². The molecule has 0 N–H and O–H groups in total. The first-order valence-corrected chi connectivity index (χ1v) is 6.56. The average molecular weight is 255 g/mol. The minimum Gasteiger partial charge on any atom is -0.445 e. The van der Waals surface area contributed by atoms with Crippen LogP contribution in [-0.4, -0.2) is 5.97 Å². The Hall–Kier alpha value is -2.08. The molecule has 1 aliphatic rings. The summed E-state index contributed by atoms with van der Waals surface area (Å²) in [5, 5.41) is 9.10. The summed E-state index contributed by atoms with van der Waals surface area (Å²) in [6.45, 7) is 3.92. The quantitative estimate of drug-likeness (QED) is 0.774. The predicted molar refractivity (Wildman–Crippen MR) is 72.1 cm³/mol. The lowest BCUT2D eigenvalue weighted by Crippen LogP contribution is -2.28. The standard InChI is InChI=1S/C16H17NO2/c1-3-4-10-16(13-8-6-5-7-9-13)12(2)14(11-17)15(18)19-16/h5-9H,3-4,10H2,1-2H3. The van der Waals surface area contributed by atoms with Crippen LogP contribution in [0.15, 0.2) is 41.5 Å². The highest BCUT2D eigenvalue weighted by atomic mass is 16.6. The number of esters is 1. The van der Waals surface area contributed by atoms with Crippen LogP contribution in [0.3, 0.4) is 0 Å². The van der Waals surface area contributed by atoms with Crippen LogP contribution in [0.1, 0.15) is 38.7 Å². The number of cyclic esters (lactones) is 1. The van der Waals surface area contributed by atoms with Gasteiger partial charge in [-0.3, -0.25) is 0 Å². The Morgan fingerprint density at radius 3 is 2.53 bits per heavy atom. The van der Waals surface area contributed by atoms with Crippen LogP contribution in [0.5, 0.6) is 0 Å². The van der Waals surface area contributed by atoms with Gasteiger partial charge >= 0.3 is 5.97 Å². The van der Waals surface area contributed by atoms with E-state index < -0.39 is 11.6 Å². The van der Waals surface area contributed by atoms with E-state index in [2.05, 4.69) is 6.92 Å². The highest BCUT2D eigenvalue weighted by Crippen LogP contribution is 2.44. The van der Waals surface area contributed by atoms with Crippen LogP contribution in [-0.2, 0) is 15.1 Å². The smallest absolute Gasteiger partial charge is 0.350 e. The van der Waals surface area contributed by atoms with Gasteiger partial charge in [0.05, 0.1) is 0 Å². The molecule has 0 fully saturated rings. The summed E-state index contributed by atoms with van der Waals surface area (Å²) in [5.74, 6) is -0.500. The fraction of sp³-hybridized carbons (Fsp3) is 0.375. The molecule has 1 aliphatic heterocycles. The number of ether oxygens (including phenoxy) is 1. The molecule has 98 valence electrons. The van der Waals surface area contributed by atoms with Crippen LogP contribution in [0.4, 0.5) is 0 Å². The van der Waals surface area contributed by atoms with Crippen molar-refractivity contribution >= 4 is 5.97 Å². The summed E-state index contributed by atoms with van der Waals surface area (Å²) in [7, 11) is 0. The van der Waals surface area contributed by atoms with E-state index in [0.717, 1.165) is 30.4 Å². The topological polar surface area (TPSA) is 50.1 Å². The van der Waals surface area contributed by atoms with Gasteiger partial charge in [0, 0.05) is 0 Å². The second kappa shape index (κ2) is 5.27. The Kier molecular flexibility index (Phi) is 3.71. The molecule has 0 spiro atoms. The van der Waals surface area contributed by atoms with Crippen molar-refractivity contribution in [2.45, 2.75) is 38.7 Å². The van der Waals surface area contributed by atoms with Crippen molar-refractivity contribution < 1.29 is 9.53 Å². The van der Waals surface area contributed by atoms with E-state index in [-0.39, 0.29) is 5.57 Å². The Morgan fingerprint density at radius 1 is 1.32 bits per heavy atom. The molecule has 0 aliphatic carbocycles. The first kappa shape index (κ1) is 13.4. The van der Waals surface area contributed by atoms with E-state index in [1.165, 1.54) is 0 Å². The summed E-state index contributed by atoms with van der Waals surface area (Å²) in [6, 6.07) is 11.7. The zero-order valence-electron chi connectivity index (χ0n) is 11.3. The molecule has 1 heterocycles. The maximum absolute atomic E-state index is 11.9. The van der Waals surface area contributed by atoms with Gasteiger partial charge in [0.15, 0.2) is 5.60 Å². The van der Waals surface area contributed by atoms with Gasteiger partial charge in [0.1, 0.15) is 11.6 Å². The van der Waals surface area contributed by atoms with Crippen molar-refractivity contribution in [3.05, 3.63) is 47.0 Å². The number of hydrogen-bond donors (Lipinski definition) is 0.